The average Bonchev–Trinajstić information content (AvgIpc) is 2.63. The number of nitrogens with zero attached hydrogens (tertiary/aromatic N) is 1. The standard InChI is InChI=1S/C19H40N2O3Si/c1-4-7-15-22-25(23-16-8-5-2,24-17-9-6-3)18-11-14-21-13-10-12-20-19-21/h10,13,20H,4-9,11-12,14-19H2,1-3H3. The molecule has 0 radical (unpaired) electrons. The van der Waals surface area contributed by atoms with Gasteiger partial charge in [-0.05, 0) is 31.9 Å². The van der Waals surface area contributed by atoms with Crippen LogP contribution in [-0.2, 0) is 13.3 Å². The van der Waals surface area contributed by atoms with Crippen molar-refractivity contribution in [2.45, 2.75) is 71.8 Å². The van der Waals surface area contributed by atoms with Gasteiger partial charge < -0.3 is 18.2 Å². The summed E-state index contributed by atoms with van der Waals surface area (Å²) in [7, 11) is -2.56. The third-order valence-electron chi connectivity index (χ3n) is 4.28. The van der Waals surface area contributed by atoms with Crippen molar-refractivity contribution in [2.24, 2.45) is 0 Å². The van der Waals surface area contributed by atoms with E-state index in [1.165, 1.54) is 0 Å². The summed E-state index contributed by atoms with van der Waals surface area (Å²) in [5, 5.41) is 3.36. The lowest BCUT2D eigenvalue weighted by Crippen LogP contribution is -2.47. The summed E-state index contributed by atoms with van der Waals surface area (Å²) in [5.41, 5.74) is 0. The molecule has 0 fully saturated rings. The van der Waals surface area contributed by atoms with Gasteiger partial charge in [0.05, 0.1) is 6.67 Å². The van der Waals surface area contributed by atoms with Crippen LogP contribution in [0.15, 0.2) is 12.3 Å². The Kier molecular flexibility index (Phi) is 13.3. The van der Waals surface area contributed by atoms with Gasteiger partial charge >= 0.3 is 8.80 Å². The maximum Gasteiger partial charge on any atom is 0.501 e. The number of rotatable bonds is 16. The third-order valence-corrected chi connectivity index (χ3v) is 7.18. The first-order valence-corrected chi connectivity index (χ1v) is 12.2. The van der Waals surface area contributed by atoms with Crippen LogP contribution >= 0.6 is 0 Å². The minimum Gasteiger partial charge on any atom is -0.373 e. The first kappa shape index (κ1) is 22.6. The predicted molar refractivity (Wildman–Crippen MR) is 106 cm³/mol. The van der Waals surface area contributed by atoms with Crippen LogP contribution in [0.2, 0.25) is 6.04 Å². The van der Waals surface area contributed by atoms with Crippen LogP contribution < -0.4 is 5.32 Å². The number of hydrogen-bond acceptors (Lipinski definition) is 5. The van der Waals surface area contributed by atoms with Crippen LogP contribution in [-0.4, -0.2) is 53.3 Å². The van der Waals surface area contributed by atoms with Gasteiger partial charge in [-0.15, -0.1) is 0 Å². The minimum atomic E-state index is -2.56. The highest BCUT2D eigenvalue weighted by Crippen LogP contribution is 2.21. The smallest absolute Gasteiger partial charge is 0.373 e. The molecule has 0 aliphatic carbocycles. The molecule has 1 rings (SSSR count). The molecule has 0 atom stereocenters. The highest BCUT2D eigenvalue weighted by molar-refractivity contribution is 6.60. The molecule has 148 valence electrons. The summed E-state index contributed by atoms with van der Waals surface area (Å²) < 4.78 is 18.9. The first-order chi connectivity index (χ1) is 12.3. The molecule has 1 heterocycles. The Balaban J connectivity index is 2.57. The van der Waals surface area contributed by atoms with Crippen LogP contribution in [0.1, 0.15) is 65.7 Å². The summed E-state index contributed by atoms with van der Waals surface area (Å²) in [5.74, 6) is 0. The van der Waals surface area contributed by atoms with Crippen molar-refractivity contribution >= 4 is 8.80 Å². The molecular weight excluding hydrogens is 332 g/mol. The van der Waals surface area contributed by atoms with Gasteiger partial charge in [-0.2, -0.15) is 0 Å². The monoisotopic (exact) mass is 372 g/mol. The second kappa shape index (κ2) is 14.7. The Morgan fingerprint density at radius 2 is 1.44 bits per heavy atom. The normalized spacial score (nSPS) is 15.1. The molecule has 0 bridgehead atoms. The molecule has 0 spiro atoms. The second-order valence-electron chi connectivity index (χ2n) is 6.70. The van der Waals surface area contributed by atoms with E-state index >= 15 is 0 Å². The maximum absolute atomic E-state index is 6.30. The Bertz CT molecular complexity index is 316. The summed E-state index contributed by atoms with van der Waals surface area (Å²) >= 11 is 0. The van der Waals surface area contributed by atoms with Crippen molar-refractivity contribution in [3.05, 3.63) is 12.3 Å². The molecule has 1 aliphatic rings. The van der Waals surface area contributed by atoms with E-state index in [1.807, 2.05) is 0 Å². The van der Waals surface area contributed by atoms with Crippen molar-refractivity contribution in [1.82, 2.24) is 10.2 Å². The van der Waals surface area contributed by atoms with E-state index in [1.54, 1.807) is 0 Å². The van der Waals surface area contributed by atoms with E-state index in [4.69, 9.17) is 13.3 Å². The van der Waals surface area contributed by atoms with Crippen LogP contribution in [0.25, 0.3) is 0 Å². The summed E-state index contributed by atoms with van der Waals surface area (Å²) in [4.78, 5) is 2.31. The molecule has 5 nitrogen and oxygen atoms in total. The number of unbranched alkanes of at least 4 members (excludes halogenated alkanes) is 3. The lowest BCUT2D eigenvalue weighted by molar-refractivity contribution is 0.0553. The molecule has 1 aliphatic heterocycles. The van der Waals surface area contributed by atoms with E-state index in [9.17, 15) is 0 Å². The average molecular weight is 373 g/mol. The Hall–Kier alpha value is -0.403. The molecule has 0 unspecified atom stereocenters. The molecule has 6 heteroatoms. The van der Waals surface area contributed by atoms with Gasteiger partial charge in [-0.25, -0.2) is 0 Å². The van der Waals surface area contributed by atoms with Gasteiger partial charge in [-0.1, -0.05) is 46.1 Å². The number of nitrogens with one attached hydrogen (secondary N) is 1. The predicted octanol–water partition coefficient (Wildman–Crippen LogP) is 4.14. The molecule has 0 aromatic rings. The number of hydrogen-bond donors (Lipinski definition) is 1. The Morgan fingerprint density at radius 1 is 0.880 bits per heavy atom. The summed E-state index contributed by atoms with van der Waals surface area (Å²) in [6.45, 7) is 11.8. The van der Waals surface area contributed by atoms with Gasteiger partial charge in [0.25, 0.3) is 0 Å². The van der Waals surface area contributed by atoms with E-state index < -0.39 is 8.80 Å². The zero-order valence-corrected chi connectivity index (χ0v) is 17.7. The van der Waals surface area contributed by atoms with Crippen LogP contribution in [0.5, 0.6) is 0 Å². The Labute approximate surface area is 156 Å². The fourth-order valence-electron chi connectivity index (χ4n) is 2.66. The van der Waals surface area contributed by atoms with Gasteiger partial charge in [0.2, 0.25) is 0 Å². The Morgan fingerprint density at radius 3 is 1.88 bits per heavy atom. The lowest BCUT2D eigenvalue weighted by Gasteiger charge is -2.31. The fourth-order valence-corrected chi connectivity index (χ4v) is 5.30. The SMILES string of the molecule is CCCCO[Si](CCCN1C=CCNC1)(OCCCC)OCCCC. The zero-order chi connectivity index (χ0) is 18.2. The fraction of sp³-hybridized carbons (Fsp3) is 0.895. The molecule has 25 heavy (non-hydrogen) atoms. The highest BCUT2D eigenvalue weighted by Gasteiger charge is 2.40. The summed E-state index contributed by atoms with van der Waals surface area (Å²) in [6.07, 6.45) is 12.0. The van der Waals surface area contributed by atoms with Crippen molar-refractivity contribution in [3.63, 3.8) is 0 Å². The molecule has 0 aromatic heterocycles. The zero-order valence-electron chi connectivity index (χ0n) is 16.7. The van der Waals surface area contributed by atoms with E-state index in [2.05, 4.69) is 43.3 Å². The molecule has 0 saturated heterocycles. The summed E-state index contributed by atoms with van der Waals surface area (Å²) in [6, 6.07) is 0.911. The van der Waals surface area contributed by atoms with Gasteiger partial charge in [-0.3, -0.25) is 5.32 Å². The van der Waals surface area contributed by atoms with E-state index in [-0.39, 0.29) is 0 Å². The highest BCUT2D eigenvalue weighted by atomic mass is 28.4. The molecule has 0 aromatic carbocycles. The molecule has 1 N–H and O–H groups in total. The largest absolute Gasteiger partial charge is 0.501 e. The second-order valence-corrected chi connectivity index (χ2v) is 9.43. The van der Waals surface area contributed by atoms with Gasteiger partial charge in [0.1, 0.15) is 0 Å². The van der Waals surface area contributed by atoms with Crippen LogP contribution in [0, 0.1) is 0 Å². The molecule has 0 saturated carbocycles. The lowest BCUT2D eigenvalue weighted by atomic mass is 10.4. The minimum absolute atomic E-state index is 0.756. The molecular formula is C19H40N2O3Si. The molecule has 0 amide bonds. The quantitative estimate of drug-likeness (QED) is 0.326. The third kappa shape index (κ3) is 10.4. The van der Waals surface area contributed by atoms with Crippen molar-refractivity contribution < 1.29 is 13.3 Å². The van der Waals surface area contributed by atoms with E-state index in [0.29, 0.717) is 0 Å². The topological polar surface area (TPSA) is 43.0 Å². The van der Waals surface area contributed by atoms with Crippen molar-refractivity contribution in [2.75, 3.05) is 39.6 Å². The van der Waals surface area contributed by atoms with Crippen LogP contribution in [0.3, 0.4) is 0 Å². The van der Waals surface area contributed by atoms with Crippen molar-refractivity contribution in [3.8, 4) is 0 Å². The van der Waals surface area contributed by atoms with Gasteiger partial charge in [0, 0.05) is 39.0 Å². The first-order valence-electron chi connectivity index (χ1n) is 10.3. The van der Waals surface area contributed by atoms with Crippen LogP contribution in [0.4, 0.5) is 0 Å². The van der Waals surface area contributed by atoms with E-state index in [0.717, 1.165) is 90.6 Å². The maximum atomic E-state index is 6.30. The van der Waals surface area contributed by atoms with Gasteiger partial charge in [0.15, 0.2) is 0 Å². The van der Waals surface area contributed by atoms with Crippen molar-refractivity contribution in [1.29, 1.82) is 0 Å².